The first-order chi connectivity index (χ1) is 8.74. The van der Waals surface area contributed by atoms with Gasteiger partial charge in [-0.15, -0.1) is 5.10 Å². The number of rotatable bonds is 6. The van der Waals surface area contributed by atoms with E-state index >= 15 is 0 Å². The second-order valence-corrected chi connectivity index (χ2v) is 3.98. The Balaban J connectivity index is 1.85. The van der Waals surface area contributed by atoms with Gasteiger partial charge in [0, 0.05) is 31.6 Å². The van der Waals surface area contributed by atoms with Crippen LogP contribution in [0.25, 0.3) is 0 Å². The van der Waals surface area contributed by atoms with Gasteiger partial charge in [-0.2, -0.15) is 0 Å². The molecule has 0 aliphatic heterocycles. The summed E-state index contributed by atoms with van der Waals surface area (Å²) in [6.45, 7) is 0.714. The molecule has 18 heavy (non-hydrogen) atoms. The summed E-state index contributed by atoms with van der Waals surface area (Å²) in [6.07, 6.45) is 6.68. The first-order valence-corrected chi connectivity index (χ1v) is 5.74. The fourth-order valence-electron chi connectivity index (χ4n) is 1.59. The zero-order chi connectivity index (χ0) is 12.8. The number of hydrogen-bond donors (Lipinski definition) is 1. The van der Waals surface area contributed by atoms with E-state index in [-0.39, 0.29) is 6.42 Å². The van der Waals surface area contributed by atoms with Crippen LogP contribution in [0.5, 0.6) is 0 Å². The van der Waals surface area contributed by atoms with Crippen molar-refractivity contribution < 1.29 is 9.90 Å². The van der Waals surface area contributed by atoms with Gasteiger partial charge >= 0.3 is 5.97 Å². The van der Waals surface area contributed by atoms with Crippen molar-refractivity contribution in [3.63, 3.8) is 0 Å². The van der Waals surface area contributed by atoms with Crippen LogP contribution in [0.2, 0.25) is 0 Å². The summed E-state index contributed by atoms with van der Waals surface area (Å²) >= 11 is 0. The summed E-state index contributed by atoms with van der Waals surface area (Å²) in [5.74, 6) is -0.820. The van der Waals surface area contributed by atoms with Crippen LogP contribution in [-0.2, 0) is 24.2 Å². The van der Waals surface area contributed by atoms with Crippen molar-refractivity contribution in [1.29, 1.82) is 0 Å². The summed E-state index contributed by atoms with van der Waals surface area (Å²) < 4.78 is 1.73. The van der Waals surface area contributed by atoms with Crippen LogP contribution >= 0.6 is 0 Å². The van der Waals surface area contributed by atoms with Crippen molar-refractivity contribution in [2.45, 2.75) is 25.8 Å². The average molecular weight is 246 g/mol. The van der Waals surface area contributed by atoms with E-state index < -0.39 is 5.97 Å². The molecule has 0 unspecified atom stereocenters. The Hall–Kier alpha value is -2.24. The fourth-order valence-corrected chi connectivity index (χ4v) is 1.59. The SMILES string of the molecule is O=C(O)CCc1cn(CCc2cccnc2)nn1. The van der Waals surface area contributed by atoms with Gasteiger partial charge < -0.3 is 5.11 Å². The molecule has 0 saturated heterocycles. The molecule has 2 rings (SSSR count). The van der Waals surface area contributed by atoms with Crippen molar-refractivity contribution in [2.24, 2.45) is 0 Å². The monoisotopic (exact) mass is 246 g/mol. The number of carboxylic acid groups (broad SMARTS) is 1. The highest BCUT2D eigenvalue weighted by atomic mass is 16.4. The molecule has 94 valence electrons. The normalized spacial score (nSPS) is 10.4. The lowest BCUT2D eigenvalue weighted by Crippen LogP contribution is -2.02. The van der Waals surface area contributed by atoms with E-state index in [0.717, 1.165) is 12.0 Å². The number of aromatic nitrogens is 4. The topological polar surface area (TPSA) is 80.9 Å². The molecule has 0 aliphatic carbocycles. The standard InChI is InChI=1S/C12H14N4O2/c17-12(18)4-3-11-9-16(15-14-11)7-5-10-2-1-6-13-8-10/h1-2,6,8-9H,3-5,7H2,(H,17,18). The van der Waals surface area contributed by atoms with Crippen molar-refractivity contribution in [1.82, 2.24) is 20.0 Å². The zero-order valence-corrected chi connectivity index (χ0v) is 9.86. The number of carboxylic acids is 1. The van der Waals surface area contributed by atoms with E-state index in [0.29, 0.717) is 18.7 Å². The molecule has 2 aromatic heterocycles. The van der Waals surface area contributed by atoms with Gasteiger partial charge in [-0.25, -0.2) is 0 Å². The molecule has 0 amide bonds. The molecule has 0 aromatic carbocycles. The molecule has 0 atom stereocenters. The van der Waals surface area contributed by atoms with Crippen LogP contribution in [0.3, 0.4) is 0 Å². The van der Waals surface area contributed by atoms with E-state index in [9.17, 15) is 4.79 Å². The molecule has 0 fully saturated rings. The predicted octanol–water partition coefficient (Wildman–Crippen LogP) is 0.933. The van der Waals surface area contributed by atoms with Gasteiger partial charge in [0.25, 0.3) is 0 Å². The lowest BCUT2D eigenvalue weighted by atomic mass is 10.2. The number of aliphatic carboxylic acids is 1. The van der Waals surface area contributed by atoms with Crippen LogP contribution in [0.1, 0.15) is 17.7 Å². The molecule has 2 heterocycles. The quantitative estimate of drug-likeness (QED) is 0.820. The highest BCUT2D eigenvalue weighted by Crippen LogP contribution is 2.02. The van der Waals surface area contributed by atoms with Crippen molar-refractivity contribution in [2.75, 3.05) is 0 Å². The average Bonchev–Trinajstić information content (AvgIpc) is 2.83. The third-order valence-corrected chi connectivity index (χ3v) is 2.53. The third kappa shape index (κ3) is 3.65. The Labute approximate surface area is 104 Å². The summed E-state index contributed by atoms with van der Waals surface area (Å²) in [5, 5.41) is 16.5. The predicted molar refractivity (Wildman–Crippen MR) is 63.9 cm³/mol. The lowest BCUT2D eigenvalue weighted by Gasteiger charge is -1.99. The zero-order valence-electron chi connectivity index (χ0n) is 9.86. The summed E-state index contributed by atoms with van der Waals surface area (Å²) in [4.78, 5) is 14.5. The van der Waals surface area contributed by atoms with E-state index in [1.165, 1.54) is 0 Å². The molecule has 2 aromatic rings. The Morgan fingerprint density at radius 3 is 3.00 bits per heavy atom. The van der Waals surface area contributed by atoms with E-state index in [1.807, 2.05) is 18.3 Å². The molecule has 0 radical (unpaired) electrons. The number of pyridine rings is 1. The molecule has 0 bridgehead atoms. The summed E-state index contributed by atoms with van der Waals surface area (Å²) in [6, 6.07) is 3.91. The van der Waals surface area contributed by atoms with Crippen LogP contribution in [-0.4, -0.2) is 31.1 Å². The molecule has 6 nitrogen and oxygen atoms in total. The Kier molecular flexibility index (Phi) is 4.01. The maximum atomic E-state index is 10.4. The van der Waals surface area contributed by atoms with Gasteiger partial charge in [0.05, 0.1) is 12.1 Å². The van der Waals surface area contributed by atoms with Crippen molar-refractivity contribution >= 4 is 5.97 Å². The van der Waals surface area contributed by atoms with Gasteiger partial charge in [0.15, 0.2) is 0 Å². The largest absolute Gasteiger partial charge is 0.481 e. The molecular formula is C12H14N4O2. The highest BCUT2D eigenvalue weighted by molar-refractivity contribution is 5.66. The van der Waals surface area contributed by atoms with Crippen LogP contribution in [0.4, 0.5) is 0 Å². The Bertz CT molecular complexity index is 510. The van der Waals surface area contributed by atoms with Crippen LogP contribution < -0.4 is 0 Å². The molecule has 6 heteroatoms. The highest BCUT2D eigenvalue weighted by Gasteiger charge is 2.04. The first kappa shape index (κ1) is 12.2. The van der Waals surface area contributed by atoms with Gasteiger partial charge in [0.2, 0.25) is 0 Å². The Morgan fingerprint density at radius 2 is 2.28 bits per heavy atom. The maximum absolute atomic E-state index is 10.4. The lowest BCUT2D eigenvalue weighted by molar-refractivity contribution is -0.136. The van der Waals surface area contributed by atoms with Crippen molar-refractivity contribution in [3.05, 3.63) is 42.0 Å². The van der Waals surface area contributed by atoms with E-state index in [1.54, 1.807) is 17.1 Å². The second-order valence-electron chi connectivity index (χ2n) is 3.98. The third-order valence-electron chi connectivity index (χ3n) is 2.53. The number of nitrogens with zero attached hydrogens (tertiary/aromatic N) is 4. The van der Waals surface area contributed by atoms with E-state index in [2.05, 4.69) is 15.3 Å². The molecule has 0 spiro atoms. The Morgan fingerprint density at radius 1 is 1.39 bits per heavy atom. The van der Waals surface area contributed by atoms with Gasteiger partial charge in [0.1, 0.15) is 0 Å². The fraction of sp³-hybridized carbons (Fsp3) is 0.333. The van der Waals surface area contributed by atoms with Gasteiger partial charge in [-0.1, -0.05) is 11.3 Å². The maximum Gasteiger partial charge on any atom is 0.303 e. The molecule has 1 N–H and O–H groups in total. The van der Waals surface area contributed by atoms with E-state index in [4.69, 9.17) is 5.11 Å². The smallest absolute Gasteiger partial charge is 0.303 e. The summed E-state index contributed by atoms with van der Waals surface area (Å²) in [7, 11) is 0. The van der Waals surface area contributed by atoms with Crippen LogP contribution in [0.15, 0.2) is 30.7 Å². The minimum atomic E-state index is -0.820. The first-order valence-electron chi connectivity index (χ1n) is 5.74. The molecule has 0 saturated carbocycles. The second kappa shape index (κ2) is 5.90. The van der Waals surface area contributed by atoms with Gasteiger partial charge in [-0.3, -0.25) is 14.5 Å². The number of aryl methyl sites for hydroxylation is 3. The van der Waals surface area contributed by atoms with Crippen molar-refractivity contribution in [3.8, 4) is 0 Å². The summed E-state index contributed by atoms with van der Waals surface area (Å²) in [5.41, 5.74) is 1.85. The van der Waals surface area contributed by atoms with Crippen LogP contribution in [0, 0.1) is 0 Å². The number of hydrogen-bond acceptors (Lipinski definition) is 4. The minimum absolute atomic E-state index is 0.0846. The molecular weight excluding hydrogens is 232 g/mol. The minimum Gasteiger partial charge on any atom is -0.481 e. The number of carbonyl (C=O) groups is 1. The molecule has 0 aliphatic rings. The van der Waals surface area contributed by atoms with Gasteiger partial charge in [-0.05, 0) is 18.1 Å².